The van der Waals surface area contributed by atoms with Crippen molar-refractivity contribution in [2.24, 2.45) is 0 Å². The molecule has 0 unspecified atom stereocenters. The first-order valence-corrected chi connectivity index (χ1v) is 5.54. The zero-order valence-electron chi connectivity index (χ0n) is 8.83. The van der Waals surface area contributed by atoms with Crippen molar-refractivity contribution < 1.29 is 0 Å². The molecular formula is C10H19N3S. The lowest BCUT2D eigenvalue weighted by Crippen LogP contribution is -2.51. The van der Waals surface area contributed by atoms with Crippen LogP contribution in [0.3, 0.4) is 0 Å². The molecule has 0 aromatic carbocycles. The predicted octanol–water partition coefficient (Wildman–Crippen LogP) is 0.684. The van der Waals surface area contributed by atoms with Crippen LogP contribution in [0.4, 0.5) is 0 Å². The molecule has 1 aliphatic heterocycles. The molecule has 1 fully saturated rings. The van der Waals surface area contributed by atoms with E-state index < -0.39 is 0 Å². The molecule has 1 saturated heterocycles. The number of hydrogen-bond acceptors (Lipinski definition) is 2. The third kappa shape index (κ3) is 3.27. The zero-order valence-corrected chi connectivity index (χ0v) is 9.65. The minimum absolute atomic E-state index is 0.757. The van der Waals surface area contributed by atoms with E-state index in [1.165, 1.54) is 0 Å². The Bertz CT molecular complexity index is 198. The first-order valence-electron chi connectivity index (χ1n) is 5.14. The first-order chi connectivity index (χ1) is 6.77. The highest BCUT2D eigenvalue weighted by Gasteiger charge is 2.16. The Morgan fingerprint density at radius 1 is 1.43 bits per heavy atom. The van der Waals surface area contributed by atoms with E-state index in [0.717, 1.165) is 44.4 Å². The molecule has 1 N–H and O–H groups in total. The Morgan fingerprint density at radius 2 is 2.07 bits per heavy atom. The van der Waals surface area contributed by atoms with Gasteiger partial charge in [-0.15, -0.1) is 6.58 Å². The van der Waals surface area contributed by atoms with Crippen LogP contribution in [0.15, 0.2) is 12.7 Å². The molecule has 0 aromatic rings. The van der Waals surface area contributed by atoms with E-state index in [1.807, 2.05) is 6.08 Å². The molecule has 80 valence electrons. The van der Waals surface area contributed by atoms with Crippen molar-refractivity contribution in [1.82, 2.24) is 15.1 Å². The van der Waals surface area contributed by atoms with E-state index in [2.05, 4.69) is 28.6 Å². The first kappa shape index (κ1) is 11.5. The molecule has 1 aliphatic rings. The summed E-state index contributed by atoms with van der Waals surface area (Å²) in [6, 6.07) is 0. The summed E-state index contributed by atoms with van der Waals surface area (Å²) >= 11 is 5.26. The SMILES string of the molecule is C=CCNC(=S)N1CCN(CC)CC1. The van der Waals surface area contributed by atoms with Gasteiger partial charge in [0.25, 0.3) is 0 Å². The Hall–Kier alpha value is -0.610. The summed E-state index contributed by atoms with van der Waals surface area (Å²) in [6.07, 6.45) is 1.83. The van der Waals surface area contributed by atoms with Gasteiger partial charge in [0.05, 0.1) is 0 Å². The molecule has 4 heteroatoms. The minimum Gasteiger partial charge on any atom is -0.359 e. The fourth-order valence-corrected chi connectivity index (χ4v) is 1.80. The standard InChI is InChI=1S/C10H19N3S/c1-3-5-11-10(14)13-8-6-12(4-2)7-9-13/h3H,1,4-9H2,2H3,(H,11,14). The number of likely N-dealkylation sites (N-methyl/N-ethyl adjacent to an activating group) is 1. The Balaban J connectivity index is 2.26. The van der Waals surface area contributed by atoms with Gasteiger partial charge in [-0.05, 0) is 18.8 Å². The maximum atomic E-state index is 5.26. The van der Waals surface area contributed by atoms with E-state index >= 15 is 0 Å². The van der Waals surface area contributed by atoms with Crippen molar-refractivity contribution in [3.8, 4) is 0 Å². The monoisotopic (exact) mass is 213 g/mol. The van der Waals surface area contributed by atoms with Crippen molar-refractivity contribution in [1.29, 1.82) is 0 Å². The summed E-state index contributed by atoms with van der Waals surface area (Å²) in [7, 11) is 0. The van der Waals surface area contributed by atoms with Gasteiger partial charge < -0.3 is 15.1 Å². The molecule has 0 aliphatic carbocycles. The van der Waals surface area contributed by atoms with Gasteiger partial charge in [0.15, 0.2) is 5.11 Å². The molecule has 0 bridgehead atoms. The van der Waals surface area contributed by atoms with E-state index in [1.54, 1.807) is 0 Å². The van der Waals surface area contributed by atoms with E-state index in [-0.39, 0.29) is 0 Å². The number of nitrogens with one attached hydrogen (secondary N) is 1. The summed E-state index contributed by atoms with van der Waals surface area (Å²) in [5.74, 6) is 0. The van der Waals surface area contributed by atoms with Crippen LogP contribution >= 0.6 is 12.2 Å². The molecular weight excluding hydrogens is 194 g/mol. The van der Waals surface area contributed by atoms with Crippen molar-refractivity contribution >= 4 is 17.3 Å². The lowest BCUT2D eigenvalue weighted by Gasteiger charge is -2.35. The molecule has 0 saturated carbocycles. The largest absolute Gasteiger partial charge is 0.359 e. The van der Waals surface area contributed by atoms with Gasteiger partial charge in [0.1, 0.15) is 0 Å². The Labute approximate surface area is 91.8 Å². The highest BCUT2D eigenvalue weighted by atomic mass is 32.1. The quantitative estimate of drug-likeness (QED) is 0.549. The molecule has 0 amide bonds. The van der Waals surface area contributed by atoms with Gasteiger partial charge in [0, 0.05) is 32.7 Å². The molecule has 0 aromatic heterocycles. The average Bonchev–Trinajstić information content (AvgIpc) is 2.26. The second kappa shape index (κ2) is 5.98. The highest BCUT2D eigenvalue weighted by Crippen LogP contribution is 2.01. The normalized spacial score (nSPS) is 17.9. The zero-order chi connectivity index (χ0) is 10.4. The second-order valence-electron chi connectivity index (χ2n) is 3.40. The number of piperazine rings is 1. The molecule has 14 heavy (non-hydrogen) atoms. The van der Waals surface area contributed by atoms with Crippen LogP contribution < -0.4 is 5.32 Å². The van der Waals surface area contributed by atoms with Gasteiger partial charge in [-0.25, -0.2) is 0 Å². The smallest absolute Gasteiger partial charge is 0.169 e. The third-order valence-corrected chi connectivity index (χ3v) is 2.91. The van der Waals surface area contributed by atoms with Crippen LogP contribution in [-0.4, -0.2) is 54.2 Å². The number of rotatable bonds is 3. The van der Waals surface area contributed by atoms with Crippen molar-refractivity contribution in [3.05, 3.63) is 12.7 Å². The predicted molar refractivity (Wildman–Crippen MR) is 64.5 cm³/mol. The summed E-state index contributed by atoms with van der Waals surface area (Å²) < 4.78 is 0. The maximum absolute atomic E-state index is 5.26. The van der Waals surface area contributed by atoms with Gasteiger partial charge in [0.2, 0.25) is 0 Å². The number of hydrogen-bond donors (Lipinski definition) is 1. The van der Waals surface area contributed by atoms with Crippen LogP contribution in [0.1, 0.15) is 6.92 Å². The molecule has 1 heterocycles. The average molecular weight is 213 g/mol. The lowest BCUT2D eigenvalue weighted by atomic mass is 10.3. The van der Waals surface area contributed by atoms with Crippen LogP contribution in [0, 0.1) is 0 Å². The van der Waals surface area contributed by atoms with Crippen molar-refractivity contribution in [2.45, 2.75) is 6.92 Å². The molecule has 0 atom stereocenters. The van der Waals surface area contributed by atoms with E-state index in [4.69, 9.17) is 12.2 Å². The lowest BCUT2D eigenvalue weighted by molar-refractivity contribution is 0.189. The molecule has 3 nitrogen and oxygen atoms in total. The van der Waals surface area contributed by atoms with Crippen molar-refractivity contribution in [3.63, 3.8) is 0 Å². The Morgan fingerprint density at radius 3 is 2.57 bits per heavy atom. The van der Waals surface area contributed by atoms with Gasteiger partial charge in [-0.2, -0.15) is 0 Å². The highest BCUT2D eigenvalue weighted by molar-refractivity contribution is 7.80. The fraction of sp³-hybridized carbons (Fsp3) is 0.700. The summed E-state index contributed by atoms with van der Waals surface area (Å²) in [6.45, 7) is 12.1. The topological polar surface area (TPSA) is 18.5 Å². The summed E-state index contributed by atoms with van der Waals surface area (Å²) in [5.41, 5.74) is 0. The summed E-state index contributed by atoms with van der Waals surface area (Å²) in [4.78, 5) is 4.66. The second-order valence-corrected chi connectivity index (χ2v) is 3.78. The fourth-order valence-electron chi connectivity index (χ4n) is 1.54. The van der Waals surface area contributed by atoms with Crippen molar-refractivity contribution in [2.75, 3.05) is 39.3 Å². The van der Waals surface area contributed by atoms with Gasteiger partial charge >= 0.3 is 0 Å². The molecule has 0 spiro atoms. The van der Waals surface area contributed by atoms with E-state index in [9.17, 15) is 0 Å². The van der Waals surface area contributed by atoms with Crippen LogP contribution in [0.2, 0.25) is 0 Å². The summed E-state index contributed by atoms with van der Waals surface area (Å²) in [5, 5.41) is 4.02. The van der Waals surface area contributed by atoms with E-state index in [0.29, 0.717) is 0 Å². The Kier molecular flexibility index (Phi) is 4.90. The molecule has 0 radical (unpaired) electrons. The van der Waals surface area contributed by atoms with Crippen LogP contribution in [0.25, 0.3) is 0 Å². The maximum Gasteiger partial charge on any atom is 0.169 e. The van der Waals surface area contributed by atoms with Crippen LogP contribution in [0.5, 0.6) is 0 Å². The van der Waals surface area contributed by atoms with Crippen LogP contribution in [-0.2, 0) is 0 Å². The number of thiocarbonyl (C=S) groups is 1. The molecule has 1 rings (SSSR count). The third-order valence-electron chi connectivity index (χ3n) is 2.50. The van der Waals surface area contributed by atoms with Gasteiger partial charge in [-0.3, -0.25) is 0 Å². The minimum atomic E-state index is 0.757. The number of nitrogens with zero attached hydrogens (tertiary/aromatic N) is 2. The van der Waals surface area contributed by atoms with Gasteiger partial charge in [-0.1, -0.05) is 13.0 Å².